The number of carbonyl (C=O) groups excluding carboxylic acids is 1. The predicted molar refractivity (Wildman–Crippen MR) is 89.9 cm³/mol. The third-order valence-corrected chi connectivity index (χ3v) is 3.27. The molecule has 0 fully saturated rings. The van der Waals surface area contributed by atoms with Crippen LogP contribution in [0.15, 0.2) is 59.1 Å². The van der Waals surface area contributed by atoms with E-state index in [-0.39, 0.29) is 11.9 Å². The van der Waals surface area contributed by atoms with Crippen molar-refractivity contribution in [2.75, 3.05) is 11.9 Å². The molecular formula is C18H17N3O3. The van der Waals surface area contributed by atoms with E-state index in [4.69, 9.17) is 9.26 Å². The number of aromatic nitrogens is 2. The Kier molecular flexibility index (Phi) is 4.86. The van der Waals surface area contributed by atoms with Crippen LogP contribution in [0.4, 0.5) is 5.95 Å². The van der Waals surface area contributed by atoms with Gasteiger partial charge < -0.3 is 9.26 Å². The van der Waals surface area contributed by atoms with Gasteiger partial charge in [0, 0.05) is 5.56 Å². The summed E-state index contributed by atoms with van der Waals surface area (Å²) in [7, 11) is 0. The summed E-state index contributed by atoms with van der Waals surface area (Å²) in [6.07, 6.45) is 0.862. The Labute approximate surface area is 139 Å². The van der Waals surface area contributed by atoms with Crippen molar-refractivity contribution < 1.29 is 14.1 Å². The van der Waals surface area contributed by atoms with Crippen molar-refractivity contribution in [1.29, 1.82) is 0 Å². The number of carbonyl (C=O) groups is 1. The van der Waals surface area contributed by atoms with Crippen molar-refractivity contribution >= 4 is 11.9 Å². The Morgan fingerprint density at radius 2 is 1.88 bits per heavy atom. The number of nitrogens with one attached hydrogen (secondary N) is 1. The highest BCUT2D eigenvalue weighted by Crippen LogP contribution is 2.21. The molecule has 0 spiro atoms. The molecule has 0 saturated carbocycles. The van der Waals surface area contributed by atoms with Crippen LogP contribution in [0.1, 0.15) is 23.7 Å². The van der Waals surface area contributed by atoms with Crippen LogP contribution < -0.4 is 10.1 Å². The zero-order valence-electron chi connectivity index (χ0n) is 13.2. The summed E-state index contributed by atoms with van der Waals surface area (Å²) < 4.78 is 10.8. The molecule has 122 valence electrons. The molecule has 0 unspecified atom stereocenters. The van der Waals surface area contributed by atoms with Crippen molar-refractivity contribution in [1.82, 2.24) is 10.1 Å². The summed E-state index contributed by atoms with van der Waals surface area (Å²) in [6.45, 7) is 2.55. The first-order chi connectivity index (χ1) is 11.8. The van der Waals surface area contributed by atoms with Gasteiger partial charge in [-0.05, 0) is 35.8 Å². The lowest BCUT2D eigenvalue weighted by Crippen LogP contribution is -2.14. The Hall–Kier alpha value is -3.15. The molecule has 1 N–H and O–H groups in total. The second-order valence-corrected chi connectivity index (χ2v) is 5.09. The van der Waals surface area contributed by atoms with Crippen LogP contribution in [0.3, 0.4) is 0 Å². The average Bonchev–Trinajstić information content (AvgIpc) is 3.09. The first kappa shape index (κ1) is 15.7. The van der Waals surface area contributed by atoms with E-state index >= 15 is 0 Å². The second-order valence-electron chi connectivity index (χ2n) is 5.09. The van der Waals surface area contributed by atoms with E-state index in [1.54, 1.807) is 18.2 Å². The van der Waals surface area contributed by atoms with Gasteiger partial charge in [-0.1, -0.05) is 37.3 Å². The summed E-state index contributed by atoms with van der Waals surface area (Å²) in [5.74, 6) is 0.649. The first-order valence-corrected chi connectivity index (χ1v) is 7.70. The molecule has 0 saturated heterocycles. The number of ether oxygens (including phenoxy) is 1. The van der Waals surface area contributed by atoms with E-state index in [0.717, 1.165) is 12.0 Å². The van der Waals surface area contributed by atoms with Crippen LogP contribution >= 0.6 is 0 Å². The highest BCUT2D eigenvalue weighted by molar-refractivity contribution is 6.05. The van der Waals surface area contributed by atoms with Gasteiger partial charge in [-0.3, -0.25) is 10.1 Å². The van der Waals surface area contributed by atoms with Crippen molar-refractivity contribution in [3.05, 3.63) is 60.2 Å². The van der Waals surface area contributed by atoms with Gasteiger partial charge in [0.25, 0.3) is 17.7 Å². The van der Waals surface area contributed by atoms with Crippen LogP contribution in [-0.4, -0.2) is 22.7 Å². The summed E-state index contributed by atoms with van der Waals surface area (Å²) in [5, 5.41) is 6.42. The molecule has 0 aliphatic carbocycles. The van der Waals surface area contributed by atoms with E-state index in [1.807, 2.05) is 43.3 Å². The summed E-state index contributed by atoms with van der Waals surface area (Å²) in [6, 6.07) is 16.4. The molecule has 1 amide bonds. The zero-order valence-corrected chi connectivity index (χ0v) is 13.2. The van der Waals surface area contributed by atoms with Crippen LogP contribution in [0.5, 0.6) is 5.75 Å². The van der Waals surface area contributed by atoms with E-state index in [0.29, 0.717) is 23.8 Å². The number of amides is 1. The SMILES string of the molecule is CCCOc1ccccc1C(=O)Nc1noc(-c2ccccc2)n1. The molecule has 24 heavy (non-hydrogen) atoms. The molecule has 1 aromatic heterocycles. The number of hydrogen-bond donors (Lipinski definition) is 1. The molecule has 2 aromatic carbocycles. The van der Waals surface area contributed by atoms with E-state index in [9.17, 15) is 4.79 Å². The van der Waals surface area contributed by atoms with E-state index < -0.39 is 0 Å². The maximum Gasteiger partial charge on any atom is 0.270 e. The summed E-state index contributed by atoms with van der Waals surface area (Å²) in [5.41, 5.74) is 1.22. The Balaban J connectivity index is 1.75. The number of hydrogen-bond acceptors (Lipinski definition) is 5. The maximum absolute atomic E-state index is 12.4. The highest BCUT2D eigenvalue weighted by Gasteiger charge is 2.16. The summed E-state index contributed by atoms with van der Waals surface area (Å²) in [4.78, 5) is 16.6. The van der Waals surface area contributed by atoms with Crippen LogP contribution in [0, 0.1) is 0 Å². The van der Waals surface area contributed by atoms with Gasteiger partial charge >= 0.3 is 0 Å². The quantitative estimate of drug-likeness (QED) is 0.747. The standard InChI is InChI=1S/C18H17N3O3/c1-2-12-23-15-11-7-6-10-14(15)16(22)19-18-20-17(24-21-18)13-8-4-3-5-9-13/h3-11H,2,12H2,1H3,(H,19,21,22). The van der Waals surface area contributed by atoms with Crippen molar-refractivity contribution in [3.8, 4) is 17.2 Å². The Bertz CT molecular complexity index is 815. The monoisotopic (exact) mass is 323 g/mol. The first-order valence-electron chi connectivity index (χ1n) is 7.70. The second kappa shape index (κ2) is 7.41. The lowest BCUT2D eigenvalue weighted by atomic mass is 10.2. The van der Waals surface area contributed by atoms with Crippen molar-refractivity contribution in [2.24, 2.45) is 0 Å². The van der Waals surface area contributed by atoms with Gasteiger partial charge in [0.15, 0.2) is 0 Å². The largest absolute Gasteiger partial charge is 0.493 e. The molecule has 0 radical (unpaired) electrons. The van der Waals surface area contributed by atoms with Gasteiger partial charge in [0.05, 0.1) is 12.2 Å². The van der Waals surface area contributed by atoms with Crippen LogP contribution in [0.2, 0.25) is 0 Å². The fourth-order valence-electron chi connectivity index (χ4n) is 2.13. The normalized spacial score (nSPS) is 10.4. The predicted octanol–water partition coefficient (Wildman–Crippen LogP) is 3.78. The molecule has 0 atom stereocenters. The molecule has 1 heterocycles. The minimum Gasteiger partial charge on any atom is -0.493 e. The average molecular weight is 323 g/mol. The maximum atomic E-state index is 12.4. The number of rotatable bonds is 6. The lowest BCUT2D eigenvalue weighted by Gasteiger charge is -2.09. The third kappa shape index (κ3) is 3.60. The third-order valence-electron chi connectivity index (χ3n) is 3.27. The van der Waals surface area contributed by atoms with Gasteiger partial charge in [0.2, 0.25) is 0 Å². The van der Waals surface area contributed by atoms with Gasteiger partial charge in [0.1, 0.15) is 5.75 Å². The number of nitrogens with zero attached hydrogens (tertiary/aromatic N) is 2. The minimum atomic E-state index is -0.345. The van der Waals surface area contributed by atoms with Crippen LogP contribution in [0.25, 0.3) is 11.5 Å². The molecule has 0 aliphatic rings. The molecule has 0 bridgehead atoms. The molecule has 6 nitrogen and oxygen atoms in total. The fraction of sp³-hybridized carbons (Fsp3) is 0.167. The van der Waals surface area contributed by atoms with Gasteiger partial charge in [-0.25, -0.2) is 0 Å². The number of para-hydroxylation sites is 1. The zero-order chi connectivity index (χ0) is 16.8. The lowest BCUT2D eigenvalue weighted by molar-refractivity contribution is 0.102. The van der Waals surface area contributed by atoms with E-state index in [1.165, 1.54) is 0 Å². The van der Waals surface area contributed by atoms with Crippen LogP contribution in [-0.2, 0) is 0 Å². The molecule has 0 aliphatic heterocycles. The molecule has 3 aromatic rings. The molecular weight excluding hydrogens is 306 g/mol. The van der Waals surface area contributed by atoms with Gasteiger partial charge in [-0.2, -0.15) is 4.98 Å². The smallest absolute Gasteiger partial charge is 0.270 e. The van der Waals surface area contributed by atoms with Crippen molar-refractivity contribution in [2.45, 2.75) is 13.3 Å². The van der Waals surface area contributed by atoms with Crippen molar-refractivity contribution in [3.63, 3.8) is 0 Å². The topological polar surface area (TPSA) is 77.2 Å². The number of anilines is 1. The Morgan fingerprint density at radius 3 is 2.67 bits per heavy atom. The van der Waals surface area contributed by atoms with E-state index in [2.05, 4.69) is 15.5 Å². The fourth-order valence-corrected chi connectivity index (χ4v) is 2.13. The minimum absolute atomic E-state index is 0.115. The molecule has 3 rings (SSSR count). The summed E-state index contributed by atoms with van der Waals surface area (Å²) >= 11 is 0. The number of benzene rings is 2. The Morgan fingerprint density at radius 1 is 1.12 bits per heavy atom. The van der Waals surface area contributed by atoms with Gasteiger partial charge in [-0.15, -0.1) is 0 Å². The molecule has 6 heteroatoms. The highest BCUT2D eigenvalue weighted by atomic mass is 16.5.